The third kappa shape index (κ3) is 3.85. The Balaban J connectivity index is 1.33. The van der Waals surface area contributed by atoms with E-state index in [0.717, 1.165) is 75.9 Å². The number of rotatable bonds is 6. The zero-order valence-corrected chi connectivity index (χ0v) is 14.8. The number of benzene rings is 1. The van der Waals surface area contributed by atoms with Gasteiger partial charge in [-0.15, -0.1) is 0 Å². The van der Waals surface area contributed by atoms with Crippen molar-refractivity contribution < 1.29 is 9.47 Å². The van der Waals surface area contributed by atoms with Crippen LogP contribution in [-0.2, 0) is 24.0 Å². The van der Waals surface area contributed by atoms with Crippen LogP contribution < -0.4 is 4.74 Å². The minimum absolute atomic E-state index is 0.0240. The van der Waals surface area contributed by atoms with E-state index in [2.05, 4.69) is 45.2 Å². The molecule has 1 N–H and O–H groups in total. The van der Waals surface area contributed by atoms with Crippen LogP contribution in [0.25, 0.3) is 0 Å². The summed E-state index contributed by atoms with van der Waals surface area (Å²) in [6.45, 7) is 6.56. The number of nitrogens with zero attached hydrogens (tertiary/aromatic N) is 3. The Morgan fingerprint density at radius 2 is 2.24 bits per heavy atom. The number of ether oxygens (including phenoxy) is 2. The standard InChI is InChI=1S/C19H26N4O2/c1-2-3-18-20-19(22-21-18)17-13-23(9-11-25-17)8-6-14-4-5-16-15(12-14)7-10-24-16/h4-5,12,17H,2-3,6-11,13H2,1H3,(H,20,21,22)/t17-/m1/s1. The molecule has 1 fully saturated rings. The van der Waals surface area contributed by atoms with Crippen molar-refractivity contribution in [2.75, 3.05) is 32.8 Å². The van der Waals surface area contributed by atoms with Crippen LogP contribution in [-0.4, -0.2) is 52.9 Å². The summed E-state index contributed by atoms with van der Waals surface area (Å²) in [4.78, 5) is 7.04. The van der Waals surface area contributed by atoms with Crippen LogP contribution >= 0.6 is 0 Å². The number of H-pyrrole nitrogens is 1. The second kappa shape index (κ2) is 7.54. The zero-order valence-electron chi connectivity index (χ0n) is 14.8. The van der Waals surface area contributed by atoms with Crippen LogP contribution in [0.4, 0.5) is 0 Å². The fourth-order valence-electron chi connectivity index (χ4n) is 3.55. The summed E-state index contributed by atoms with van der Waals surface area (Å²) in [5, 5.41) is 7.38. The molecular weight excluding hydrogens is 316 g/mol. The summed E-state index contributed by atoms with van der Waals surface area (Å²) in [6.07, 6.45) is 4.07. The lowest BCUT2D eigenvalue weighted by Gasteiger charge is -2.31. The molecule has 25 heavy (non-hydrogen) atoms. The highest BCUT2D eigenvalue weighted by atomic mass is 16.5. The number of hydrogen-bond acceptors (Lipinski definition) is 5. The van der Waals surface area contributed by atoms with Gasteiger partial charge in [0.2, 0.25) is 0 Å². The lowest BCUT2D eigenvalue weighted by atomic mass is 10.1. The van der Waals surface area contributed by atoms with E-state index in [0.29, 0.717) is 0 Å². The lowest BCUT2D eigenvalue weighted by Crippen LogP contribution is -2.39. The highest BCUT2D eigenvalue weighted by Gasteiger charge is 2.25. The van der Waals surface area contributed by atoms with E-state index >= 15 is 0 Å². The molecule has 0 saturated carbocycles. The number of aromatic amines is 1. The van der Waals surface area contributed by atoms with Crippen molar-refractivity contribution in [1.29, 1.82) is 0 Å². The topological polar surface area (TPSA) is 63.3 Å². The van der Waals surface area contributed by atoms with Gasteiger partial charge >= 0.3 is 0 Å². The van der Waals surface area contributed by atoms with Crippen molar-refractivity contribution >= 4 is 0 Å². The smallest absolute Gasteiger partial charge is 0.180 e. The van der Waals surface area contributed by atoms with Gasteiger partial charge in [0.15, 0.2) is 5.82 Å². The minimum atomic E-state index is -0.0240. The van der Waals surface area contributed by atoms with Crippen LogP contribution in [0.5, 0.6) is 5.75 Å². The van der Waals surface area contributed by atoms with Crippen molar-refractivity contribution in [3.05, 3.63) is 41.0 Å². The van der Waals surface area contributed by atoms with E-state index in [1.807, 2.05) is 0 Å². The van der Waals surface area contributed by atoms with E-state index in [4.69, 9.17) is 9.47 Å². The molecule has 2 aromatic rings. The second-order valence-electron chi connectivity index (χ2n) is 6.84. The Labute approximate surface area is 148 Å². The molecule has 1 aromatic carbocycles. The highest BCUT2D eigenvalue weighted by Crippen LogP contribution is 2.26. The summed E-state index contributed by atoms with van der Waals surface area (Å²) in [5.74, 6) is 2.81. The van der Waals surface area contributed by atoms with Gasteiger partial charge in [0, 0.05) is 32.5 Å². The van der Waals surface area contributed by atoms with Crippen LogP contribution in [0.2, 0.25) is 0 Å². The average molecular weight is 342 g/mol. The molecule has 0 amide bonds. The van der Waals surface area contributed by atoms with Gasteiger partial charge in [-0.2, -0.15) is 5.10 Å². The van der Waals surface area contributed by atoms with Gasteiger partial charge in [-0.05, 0) is 30.0 Å². The van der Waals surface area contributed by atoms with Gasteiger partial charge in [0.05, 0.1) is 13.2 Å². The minimum Gasteiger partial charge on any atom is -0.493 e. The summed E-state index contributed by atoms with van der Waals surface area (Å²) < 4.78 is 11.5. The molecule has 4 rings (SSSR count). The first kappa shape index (κ1) is 16.5. The molecule has 1 saturated heterocycles. The average Bonchev–Trinajstić information content (AvgIpc) is 3.29. The monoisotopic (exact) mass is 342 g/mol. The third-order valence-electron chi connectivity index (χ3n) is 4.94. The van der Waals surface area contributed by atoms with Crippen molar-refractivity contribution in [2.24, 2.45) is 0 Å². The maximum absolute atomic E-state index is 5.90. The highest BCUT2D eigenvalue weighted by molar-refractivity contribution is 5.39. The van der Waals surface area contributed by atoms with Crippen molar-refractivity contribution in [2.45, 2.75) is 38.7 Å². The molecule has 2 aliphatic rings. The molecule has 0 unspecified atom stereocenters. The molecule has 0 radical (unpaired) electrons. The number of nitrogens with one attached hydrogen (secondary N) is 1. The maximum Gasteiger partial charge on any atom is 0.180 e. The molecule has 1 aromatic heterocycles. The van der Waals surface area contributed by atoms with E-state index < -0.39 is 0 Å². The molecule has 3 heterocycles. The quantitative estimate of drug-likeness (QED) is 0.873. The fraction of sp³-hybridized carbons (Fsp3) is 0.579. The normalized spacial score (nSPS) is 20.4. The second-order valence-corrected chi connectivity index (χ2v) is 6.84. The first-order chi connectivity index (χ1) is 12.3. The Hall–Kier alpha value is -1.92. The molecule has 134 valence electrons. The Morgan fingerprint density at radius 3 is 3.16 bits per heavy atom. The largest absolute Gasteiger partial charge is 0.493 e. The molecule has 0 aliphatic carbocycles. The van der Waals surface area contributed by atoms with E-state index in [1.165, 1.54) is 11.1 Å². The van der Waals surface area contributed by atoms with Crippen LogP contribution in [0.1, 0.15) is 42.2 Å². The van der Waals surface area contributed by atoms with Gasteiger partial charge in [-0.1, -0.05) is 19.1 Å². The molecule has 0 bridgehead atoms. The summed E-state index contributed by atoms with van der Waals surface area (Å²) in [5.41, 5.74) is 2.73. The number of aromatic nitrogens is 3. The van der Waals surface area contributed by atoms with E-state index in [-0.39, 0.29) is 6.10 Å². The SMILES string of the molecule is CCCc1nc([C@H]2CN(CCc3ccc4c(c3)CCO4)CCO2)n[nH]1. The fourth-order valence-corrected chi connectivity index (χ4v) is 3.55. The van der Waals surface area contributed by atoms with Gasteiger partial charge in [-0.3, -0.25) is 10.00 Å². The van der Waals surface area contributed by atoms with Crippen molar-refractivity contribution in [3.8, 4) is 5.75 Å². The number of morpholine rings is 1. The molecule has 0 spiro atoms. The Morgan fingerprint density at radius 1 is 1.28 bits per heavy atom. The van der Waals surface area contributed by atoms with Gasteiger partial charge in [-0.25, -0.2) is 4.98 Å². The van der Waals surface area contributed by atoms with Crippen LogP contribution in [0.15, 0.2) is 18.2 Å². The third-order valence-corrected chi connectivity index (χ3v) is 4.94. The molecule has 1 atom stereocenters. The molecule has 6 heteroatoms. The first-order valence-corrected chi connectivity index (χ1v) is 9.31. The maximum atomic E-state index is 5.90. The molecule has 6 nitrogen and oxygen atoms in total. The predicted octanol–water partition coefficient (Wildman–Crippen LogP) is 2.31. The zero-order chi connectivity index (χ0) is 17.1. The Kier molecular flexibility index (Phi) is 4.99. The van der Waals surface area contributed by atoms with Crippen molar-refractivity contribution in [3.63, 3.8) is 0 Å². The predicted molar refractivity (Wildman–Crippen MR) is 94.9 cm³/mol. The van der Waals surface area contributed by atoms with Gasteiger partial charge in [0.1, 0.15) is 17.7 Å². The van der Waals surface area contributed by atoms with E-state index in [1.54, 1.807) is 0 Å². The number of hydrogen-bond donors (Lipinski definition) is 1. The summed E-state index contributed by atoms with van der Waals surface area (Å²) in [6, 6.07) is 6.60. The molecule has 2 aliphatic heterocycles. The summed E-state index contributed by atoms with van der Waals surface area (Å²) >= 11 is 0. The number of fused-ring (bicyclic) bond motifs is 1. The van der Waals surface area contributed by atoms with Crippen LogP contribution in [0, 0.1) is 0 Å². The van der Waals surface area contributed by atoms with Gasteiger partial charge < -0.3 is 9.47 Å². The van der Waals surface area contributed by atoms with Gasteiger partial charge in [0.25, 0.3) is 0 Å². The molecular formula is C19H26N4O2. The lowest BCUT2D eigenvalue weighted by molar-refractivity contribution is -0.0337. The van der Waals surface area contributed by atoms with E-state index in [9.17, 15) is 0 Å². The van der Waals surface area contributed by atoms with Crippen LogP contribution in [0.3, 0.4) is 0 Å². The first-order valence-electron chi connectivity index (χ1n) is 9.31. The van der Waals surface area contributed by atoms with Crippen molar-refractivity contribution in [1.82, 2.24) is 20.1 Å². The number of aryl methyl sites for hydroxylation is 1. The summed E-state index contributed by atoms with van der Waals surface area (Å²) in [7, 11) is 0. The Bertz CT molecular complexity index is 715.